The third-order valence-corrected chi connectivity index (χ3v) is 4.48. The molecule has 94 valence electrons. The minimum absolute atomic E-state index is 0.305. The Bertz CT molecular complexity index is 224. The van der Waals surface area contributed by atoms with Gasteiger partial charge in [-0.1, -0.05) is 13.8 Å². The quantitative estimate of drug-likeness (QED) is 0.768. The summed E-state index contributed by atoms with van der Waals surface area (Å²) in [6.07, 6.45) is 4.39. The van der Waals surface area contributed by atoms with Gasteiger partial charge in [-0.15, -0.1) is 0 Å². The Hall–Kier alpha value is -0.120. The number of nitrogens with zero attached hydrogens (tertiary/aromatic N) is 1. The maximum atomic E-state index is 5.46. The van der Waals surface area contributed by atoms with Crippen molar-refractivity contribution in [2.24, 2.45) is 5.41 Å². The standard InChI is InChI=1S/C13H26N2O/c1-13(2)11(10-12(13)16-3)14-6-9-15-7-4-5-8-15/h11-12,14H,4-10H2,1-3H3. The van der Waals surface area contributed by atoms with Gasteiger partial charge in [-0.3, -0.25) is 0 Å². The predicted octanol–water partition coefficient (Wildman–Crippen LogP) is 1.49. The molecule has 0 aromatic heterocycles. The van der Waals surface area contributed by atoms with Crippen LogP contribution in [0.1, 0.15) is 33.1 Å². The minimum atomic E-state index is 0.305. The highest BCUT2D eigenvalue weighted by Crippen LogP contribution is 2.42. The SMILES string of the molecule is COC1CC(NCCN2CCCC2)C1(C)C. The number of methoxy groups -OCH3 is 1. The largest absolute Gasteiger partial charge is 0.381 e. The van der Waals surface area contributed by atoms with Crippen LogP contribution in [0.2, 0.25) is 0 Å². The lowest BCUT2D eigenvalue weighted by atomic mass is 9.64. The molecule has 1 saturated heterocycles. The zero-order chi connectivity index (χ0) is 11.6. The van der Waals surface area contributed by atoms with Crippen LogP contribution in [-0.2, 0) is 4.74 Å². The van der Waals surface area contributed by atoms with Gasteiger partial charge in [0, 0.05) is 31.7 Å². The molecule has 0 bridgehead atoms. The molecule has 2 atom stereocenters. The Kier molecular flexibility index (Phi) is 3.88. The Morgan fingerprint density at radius 2 is 2.00 bits per heavy atom. The summed E-state index contributed by atoms with van der Waals surface area (Å²) in [5.41, 5.74) is 0.305. The number of rotatable bonds is 5. The molecular weight excluding hydrogens is 200 g/mol. The molecule has 3 nitrogen and oxygen atoms in total. The van der Waals surface area contributed by atoms with Crippen LogP contribution in [0, 0.1) is 5.41 Å². The average Bonchev–Trinajstić information content (AvgIpc) is 2.75. The molecular formula is C13H26N2O. The molecule has 1 aliphatic heterocycles. The van der Waals surface area contributed by atoms with Gasteiger partial charge in [0.15, 0.2) is 0 Å². The van der Waals surface area contributed by atoms with Crippen molar-refractivity contribution >= 4 is 0 Å². The van der Waals surface area contributed by atoms with E-state index in [1.54, 1.807) is 0 Å². The number of likely N-dealkylation sites (tertiary alicyclic amines) is 1. The Morgan fingerprint density at radius 1 is 1.31 bits per heavy atom. The predicted molar refractivity (Wildman–Crippen MR) is 66.7 cm³/mol. The fraction of sp³-hybridized carbons (Fsp3) is 1.00. The topological polar surface area (TPSA) is 24.5 Å². The fourth-order valence-corrected chi connectivity index (χ4v) is 3.03. The highest BCUT2D eigenvalue weighted by atomic mass is 16.5. The summed E-state index contributed by atoms with van der Waals surface area (Å²) in [6, 6.07) is 0.639. The van der Waals surface area contributed by atoms with E-state index in [2.05, 4.69) is 24.1 Å². The summed E-state index contributed by atoms with van der Waals surface area (Å²) in [4.78, 5) is 2.56. The van der Waals surface area contributed by atoms with Gasteiger partial charge < -0.3 is 15.0 Å². The molecule has 1 N–H and O–H groups in total. The zero-order valence-electron chi connectivity index (χ0n) is 11.0. The molecule has 2 fully saturated rings. The summed E-state index contributed by atoms with van der Waals surface area (Å²) in [5, 5.41) is 3.68. The summed E-state index contributed by atoms with van der Waals surface area (Å²) in [6.45, 7) is 9.55. The van der Waals surface area contributed by atoms with Crippen molar-refractivity contribution in [1.29, 1.82) is 0 Å². The normalized spacial score (nSPS) is 33.9. The van der Waals surface area contributed by atoms with Crippen molar-refractivity contribution in [3.63, 3.8) is 0 Å². The summed E-state index contributed by atoms with van der Waals surface area (Å²) >= 11 is 0. The van der Waals surface area contributed by atoms with Crippen LogP contribution < -0.4 is 5.32 Å². The molecule has 1 saturated carbocycles. The number of ether oxygens (including phenoxy) is 1. The first kappa shape index (κ1) is 12.3. The van der Waals surface area contributed by atoms with E-state index in [0.717, 1.165) is 6.54 Å². The summed E-state index contributed by atoms with van der Waals surface area (Å²) < 4.78 is 5.46. The van der Waals surface area contributed by atoms with E-state index in [4.69, 9.17) is 4.74 Å². The van der Waals surface area contributed by atoms with Gasteiger partial charge in [-0.05, 0) is 32.4 Å². The van der Waals surface area contributed by atoms with Crippen molar-refractivity contribution in [3.8, 4) is 0 Å². The second-order valence-electron chi connectivity index (χ2n) is 5.84. The van der Waals surface area contributed by atoms with Crippen LogP contribution in [0.4, 0.5) is 0 Å². The van der Waals surface area contributed by atoms with Crippen LogP contribution in [0.5, 0.6) is 0 Å². The van der Waals surface area contributed by atoms with Crippen molar-refractivity contribution < 1.29 is 4.74 Å². The zero-order valence-corrected chi connectivity index (χ0v) is 11.0. The maximum Gasteiger partial charge on any atom is 0.0652 e. The van der Waals surface area contributed by atoms with E-state index in [9.17, 15) is 0 Å². The van der Waals surface area contributed by atoms with Crippen LogP contribution >= 0.6 is 0 Å². The smallest absolute Gasteiger partial charge is 0.0652 e. The molecule has 2 unspecified atom stereocenters. The van der Waals surface area contributed by atoms with Crippen LogP contribution in [0.15, 0.2) is 0 Å². The lowest BCUT2D eigenvalue weighted by Crippen LogP contribution is -2.61. The molecule has 2 aliphatic rings. The van der Waals surface area contributed by atoms with Gasteiger partial charge in [0.2, 0.25) is 0 Å². The second-order valence-corrected chi connectivity index (χ2v) is 5.84. The van der Waals surface area contributed by atoms with Gasteiger partial charge in [0.25, 0.3) is 0 Å². The van der Waals surface area contributed by atoms with E-state index in [-0.39, 0.29) is 0 Å². The molecule has 0 spiro atoms. The van der Waals surface area contributed by atoms with Crippen molar-refractivity contribution in [3.05, 3.63) is 0 Å². The van der Waals surface area contributed by atoms with Crippen LogP contribution in [-0.4, -0.2) is 50.3 Å². The van der Waals surface area contributed by atoms with E-state index < -0.39 is 0 Å². The fourth-order valence-electron chi connectivity index (χ4n) is 3.03. The first-order chi connectivity index (χ1) is 7.64. The Balaban J connectivity index is 1.64. The molecule has 0 radical (unpaired) electrons. The van der Waals surface area contributed by atoms with Crippen molar-refractivity contribution in [2.45, 2.75) is 45.3 Å². The molecule has 1 heterocycles. The number of hydrogen-bond donors (Lipinski definition) is 1. The third-order valence-electron chi connectivity index (χ3n) is 4.48. The molecule has 0 amide bonds. The van der Waals surface area contributed by atoms with Crippen molar-refractivity contribution in [1.82, 2.24) is 10.2 Å². The first-order valence-corrected chi connectivity index (χ1v) is 6.63. The van der Waals surface area contributed by atoms with E-state index in [1.807, 2.05) is 7.11 Å². The monoisotopic (exact) mass is 226 g/mol. The molecule has 16 heavy (non-hydrogen) atoms. The third kappa shape index (κ3) is 2.41. The van der Waals surface area contributed by atoms with Gasteiger partial charge in [0.1, 0.15) is 0 Å². The minimum Gasteiger partial charge on any atom is -0.381 e. The summed E-state index contributed by atoms with van der Waals surface area (Å²) in [7, 11) is 1.83. The van der Waals surface area contributed by atoms with E-state index in [0.29, 0.717) is 17.6 Å². The van der Waals surface area contributed by atoms with E-state index >= 15 is 0 Å². The van der Waals surface area contributed by atoms with Gasteiger partial charge in [0.05, 0.1) is 6.10 Å². The van der Waals surface area contributed by atoms with Gasteiger partial charge in [-0.2, -0.15) is 0 Å². The van der Waals surface area contributed by atoms with Gasteiger partial charge >= 0.3 is 0 Å². The highest BCUT2D eigenvalue weighted by molar-refractivity contribution is 5.02. The molecule has 3 heteroatoms. The molecule has 0 aromatic carbocycles. The maximum absolute atomic E-state index is 5.46. The lowest BCUT2D eigenvalue weighted by molar-refractivity contribution is -0.0974. The van der Waals surface area contributed by atoms with E-state index in [1.165, 1.54) is 38.9 Å². The first-order valence-electron chi connectivity index (χ1n) is 6.63. The Labute approximate surface area is 99.5 Å². The molecule has 2 rings (SSSR count). The van der Waals surface area contributed by atoms with Crippen molar-refractivity contribution in [2.75, 3.05) is 33.3 Å². The van der Waals surface area contributed by atoms with Crippen LogP contribution in [0.25, 0.3) is 0 Å². The Morgan fingerprint density at radius 3 is 2.56 bits per heavy atom. The molecule has 1 aliphatic carbocycles. The number of hydrogen-bond acceptors (Lipinski definition) is 3. The second kappa shape index (κ2) is 5.03. The van der Waals surface area contributed by atoms with Crippen LogP contribution in [0.3, 0.4) is 0 Å². The highest BCUT2D eigenvalue weighted by Gasteiger charge is 2.48. The average molecular weight is 226 g/mol. The summed E-state index contributed by atoms with van der Waals surface area (Å²) in [5.74, 6) is 0. The number of nitrogens with one attached hydrogen (secondary N) is 1. The molecule has 0 aromatic rings. The lowest BCUT2D eigenvalue weighted by Gasteiger charge is -2.51. The van der Waals surface area contributed by atoms with Gasteiger partial charge in [-0.25, -0.2) is 0 Å².